The zero-order valence-corrected chi connectivity index (χ0v) is 14.7. The van der Waals surface area contributed by atoms with Gasteiger partial charge in [0.15, 0.2) is 0 Å². The van der Waals surface area contributed by atoms with Gasteiger partial charge in [0.05, 0.1) is 12.2 Å². The van der Waals surface area contributed by atoms with E-state index in [4.69, 9.17) is 0 Å². The Morgan fingerprint density at radius 1 is 1.08 bits per heavy atom. The van der Waals surface area contributed by atoms with Gasteiger partial charge < -0.3 is 4.90 Å². The van der Waals surface area contributed by atoms with E-state index in [-0.39, 0.29) is 6.03 Å². The molecule has 4 rings (SSSR count). The van der Waals surface area contributed by atoms with Crippen molar-refractivity contribution in [1.82, 2.24) is 19.6 Å². The molecule has 3 aliphatic rings. The van der Waals surface area contributed by atoms with Crippen molar-refractivity contribution in [2.45, 2.75) is 69.5 Å². The molecule has 3 heterocycles. The van der Waals surface area contributed by atoms with Gasteiger partial charge in [0.25, 0.3) is 0 Å². The molecule has 1 N–H and O–H groups in total. The second-order valence-corrected chi connectivity index (χ2v) is 7.67. The van der Waals surface area contributed by atoms with Crippen molar-refractivity contribution in [2.24, 2.45) is 0 Å². The van der Waals surface area contributed by atoms with Crippen molar-refractivity contribution in [3.63, 3.8) is 0 Å². The number of urea groups is 1. The maximum atomic E-state index is 12.8. The summed E-state index contributed by atoms with van der Waals surface area (Å²) in [5.41, 5.74) is 0. The first-order valence-electron chi connectivity index (χ1n) is 9.54. The second-order valence-electron chi connectivity index (χ2n) is 7.67. The summed E-state index contributed by atoms with van der Waals surface area (Å²) < 4.78 is 2.03. The number of hydrogen-bond acceptors (Lipinski definition) is 3. The molecule has 24 heavy (non-hydrogen) atoms. The third kappa shape index (κ3) is 3.04. The van der Waals surface area contributed by atoms with Gasteiger partial charge in [-0.25, -0.2) is 9.48 Å². The summed E-state index contributed by atoms with van der Waals surface area (Å²) in [5, 5.41) is 7.61. The summed E-state index contributed by atoms with van der Waals surface area (Å²) in [6, 6.07) is 3.58. The van der Waals surface area contributed by atoms with Crippen LogP contribution in [-0.2, 0) is 0 Å². The van der Waals surface area contributed by atoms with Gasteiger partial charge in [-0.1, -0.05) is 19.3 Å². The molecule has 6 heteroatoms. The Kier molecular flexibility index (Phi) is 4.48. The highest BCUT2D eigenvalue weighted by Crippen LogP contribution is 2.31. The van der Waals surface area contributed by atoms with Crippen LogP contribution in [0.15, 0.2) is 12.3 Å². The first-order chi connectivity index (χ1) is 11.7. The maximum Gasteiger partial charge on any atom is 0.323 e. The zero-order chi connectivity index (χ0) is 16.5. The first-order valence-corrected chi connectivity index (χ1v) is 9.54. The number of carbonyl (C=O) groups is 1. The molecule has 2 aliphatic heterocycles. The Bertz CT molecular complexity index is 580. The van der Waals surface area contributed by atoms with Crippen molar-refractivity contribution in [2.75, 3.05) is 25.5 Å². The Labute approximate surface area is 144 Å². The van der Waals surface area contributed by atoms with E-state index in [0.29, 0.717) is 18.1 Å². The molecule has 2 atom stereocenters. The zero-order valence-electron chi connectivity index (χ0n) is 14.7. The molecule has 2 unspecified atom stereocenters. The second kappa shape index (κ2) is 6.75. The maximum absolute atomic E-state index is 12.8. The molecule has 1 aromatic rings. The van der Waals surface area contributed by atoms with Gasteiger partial charge in [-0.15, -0.1) is 0 Å². The van der Waals surface area contributed by atoms with Gasteiger partial charge in [0.1, 0.15) is 5.82 Å². The van der Waals surface area contributed by atoms with Gasteiger partial charge >= 0.3 is 6.03 Å². The number of fused-ring (bicyclic) bond motifs is 2. The number of nitrogens with one attached hydrogen (secondary N) is 1. The van der Waals surface area contributed by atoms with E-state index in [9.17, 15) is 4.79 Å². The number of amides is 2. The topological polar surface area (TPSA) is 53.4 Å². The number of carbonyl (C=O) groups excluding carboxylic acids is 1. The number of nitrogens with zero attached hydrogens (tertiary/aromatic N) is 4. The van der Waals surface area contributed by atoms with Crippen LogP contribution in [0.5, 0.6) is 0 Å². The van der Waals surface area contributed by atoms with E-state index in [0.717, 1.165) is 25.3 Å². The Hall–Kier alpha value is -1.56. The van der Waals surface area contributed by atoms with Crippen molar-refractivity contribution >= 4 is 11.8 Å². The number of likely N-dealkylation sites (N-methyl/N-ethyl adjacent to an activating group) is 1. The summed E-state index contributed by atoms with van der Waals surface area (Å²) in [6.45, 7) is 1.70. The fourth-order valence-corrected chi connectivity index (χ4v) is 4.71. The minimum Gasteiger partial charge on any atom is -0.323 e. The Morgan fingerprint density at radius 2 is 1.88 bits per heavy atom. The normalized spacial score (nSPS) is 28.8. The predicted molar refractivity (Wildman–Crippen MR) is 94.1 cm³/mol. The van der Waals surface area contributed by atoms with E-state index < -0.39 is 0 Å². The molecule has 0 spiro atoms. The average Bonchev–Trinajstić information content (AvgIpc) is 3.13. The summed E-state index contributed by atoms with van der Waals surface area (Å²) in [7, 11) is 2.21. The third-order valence-electron chi connectivity index (χ3n) is 6.26. The molecule has 2 saturated heterocycles. The van der Waals surface area contributed by atoms with Crippen molar-refractivity contribution < 1.29 is 4.79 Å². The number of likely N-dealkylation sites (tertiary alicyclic amines) is 1. The lowest BCUT2D eigenvalue weighted by molar-refractivity contribution is 0.200. The lowest BCUT2D eigenvalue weighted by Gasteiger charge is -2.27. The molecular weight excluding hydrogens is 302 g/mol. The van der Waals surface area contributed by atoms with Crippen molar-refractivity contribution in [1.29, 1.82) is 0 Å². The first kappa shape index (κ1) is 15.9. The van der Waals surface area contributed by atoms with Crippen LogP contribution < -0.4 is 5.32 Å². The highest BCUT2D eigenvalue weighted by Gasteiger charge is 2.36. The van der Waals surface area contributed by atoms with Crippen molar-refractivity contribution in [3.05, 3.63) is 12.3 Å². The molecule has 132 valence electrons. The van der Waals surface area contributed by atoms with Crippen LogP contribution in [0.3, 0.4) is 0 Å². The van der Waals surface area contributed by atoms with Gasteiger partial charge in [0.2, 0.25) is 0 Å². The monoisotopic (exact) mass is 331 g/mol. The van der Waals surface area contributed by atoms with E-state index in [1.54, 1.807) is 0 Å². The standard InChI is InChI=1S/C18H29N5O/c1-21-14-7-8-16(21)13-22(12-10-14)18(24)20-17-9-11-19-23(17)15-5-3-2-4-6-15/h9,11,14-16H,2-8,10,12-13H2,1H3,(H,20,24). The van der Waals surface area contributed by atoms with E-state index in [1.165, 1.54) is 44.9 Å². The van der Waals surface area contributed by atoms with E-state index in [2.05, 4.69) is 22.4 Å². The summed E-state index contributed by atoms with van der Waals surface area (Å²) in [6.07, 6.45) is 11.6. The summed E-state index contributed by atoms with van der Waals surface area (Å²) in [4.78, 5) is 17.3. The highest BCUT2D eigenvalue weighted by atomic mass is 16.2. The Morgan fingerprint density at radius 3 is 2.71 bits per heavy atom. The third-order valence-corrected chi connectivity index (χ3v) is 6.26. The van der Waals surface area contributed by atoms with E-state index in [1.807, 2.05) is 21.8 Å². The fourth-order valence-electron chi connectivity index (χ4n) is 4.71. The van der Waals surface area contributed by atoms with Crippen molar-refractivity contribution in [3.8, 4) is 0 Å². The van der Waals surface area contributed by atoms with Crippen LogP contribution in [0.2, 0.25) is 0 Å². The lowest BCUT2D eigenvalue weighted by atomic mass is 9.96. The summed E-state index contributed by atoms with van der Waals surface area (Å²) >= 11 is 0. The predicted octanol–water partition coefficient (Wildman–Crippen LogP) is 3.09. The largest absolute Gasteiger partial charge is 0.323 e. The van der Waals surface area contributed by atoms with Gasteiger partial charge in [0, 0.05) is 31.2 Å². The number of hydrogen-bond donors (Lipinski definition) is 1. The quantitative estimate of drug-likeness (QED) is 0.906. The fraction of sp³-hybridized carbons (Fsp3) is 0.778. The van der Waals surface area contributed by atoms with E-state index >= 15 is 0 Å². The van der Waals surface area contributed by atoms with Gasteiger partial charge in [-0.2, -0.15) is 5.10 Å². The molecule has 6 nitrogen and oxygen atoms in total. The molecular formula is C18H29N5O. The lowest BCUT2D eigenvalue weighted by Crippen LogP contribution is -2.42. The molecule has 0 radical (unpaired) electrons. The molecule has 3 fully saturated rings. The number of aromatic nitrogens is 2. The van der Waals surface area contributed by atoms with Crippen LogP contribution >= 0.6 is 0 Å². The molecule has 1 aromatic heterocycles. The van der Waals surface area contributed by atoms with Gasteiger partial charge in [-0.05, 0) is 39.2 Å². The summed E-state index contributed by atoms with van der Waals surface area (Å²) in [5.74, 6) is 0.856. The van der Waals surface area contributed by atoms with Crippen LogP contribution in [0.1, 0.15) is 57.4 Å². The van der Waals surface area contributed by atoms with Crippen LogP contribution in [-0.4, -0.2) is 57.8 Å². The molecule has 1 aliphatic carbocycles. The SMILES string of the molecule is CN1C2CCC1CN(C(=O)Nc1ccnn1C1CCCCC1)CC2. The van der Waals surface area contributed by atoms with Crippen LogP contribution in [0, 0.1) is 0 Å². The van der Waals surface area contributed by atoms with Crippen LogP contribution in [0.4, 0.5) is 10.6 Å². The average molecular weight is 331 g/mol. The highest BCUT2D eigenvalue weighted by molar-refractivity contribution is 5.88. The molecule has 2 bridgehead atoms. The number of anilines is 1. The minimum absolute atomic E-state index is 0.0357. The Balaban J connectivity index is 1.42. The smallest absolute Gasteiger partial charge is 0.323 e. The molecule has 2 amide bonds. The van der Waals surface area contributed by atoms with Crippen LogP contribution in [0.25, 0.3) is 0 Å². The minimum atomic E-state index is 0.0357. The van der Waals surface area contributed by atoms with Gasteiger partial charge in [-0.3, -0.25) is 10.2 Å². The number of rotatable bonds is 2. The molecule has 1 saturated carbocycles. The molecule has 0 aromatic carbocycles.